The van der Waals surface area contributed by atoms with Crippen LogP contribution < -0.4 is 10.6 Å². The van der Waals surface area contributed by atoms with Crippen LogP contribution in [0.25, 0.3) is 0 Å². The molecule has 110 valence electrons. The molecule has 6 heteroatoms. The minimum atomic E-state index is -1.01. The maximum atomic E-state index is 13.1. The van der Waals surface area contributed by atoms with E-state index in [1.165, 1.54) is 12.3 Å². The zero-order valence-electron chi connectivity index (χ0n) is 11.5. The van der Waals surface area contributed by atoms with Gasteiger partial charge in [0.25, 0.3) is 5.91 Å². The Hall–Kier alpha value is -2.50. The first kappa shape index (κ1) is 14.9. The summed E-state index contributed by atoms with van der Waals surface area (Å²) in [6, 6.07) is 6.52. The van der Waals surface area contributed by atoms with Crippen molar-refractivity contribution in [1.82, 2.24) is 4.98 Å². The number of benzene rings is 1. The van der Waals surface area contributed by atoms with Crippen molar-refractivity contribution in [1.29, 1.82) is 0 Å². The van der Waals surface area contributed by atoms with Gasteiger partial charge in [0.05, 0.1) is 0 Å². The summed E-state index contributed by atoms with van der Waals surface area (Å²) in [6.07, 6.45) is 2.47. The van der Waals surface area contributed by atoms with Gasteiger partial charge < -0.3 is 10.6 Å². The lowest BCUT2D eigenvalue weighted by Gasteiger charge is -2.08. The van der Waals surface area contributed by atoms with Crippen molar-refractivity contribution in [3.8, 4) is 0 Å². The van der Waals surface area contributed by atoms with Gasteiger partial charge in [-0.2, -0.15) is 0 Å². The smallest absolute Gasteiger partial charge is 0.274 e. The second-order valence-corrected chi connectivity index (χ2v) is 4.44. The molecule has 0 aliphatic carbocycles. The molecule has 1 aromatic carbocycles. The average molecular weight is 291 g/mol. The fourth-order valence-corrected chi connectivity index (χ4v) is 1.70. The SMILES string of the molecule is CCCNc1ccnc(C(=O)Nc2ccc(F)c(F)c2)c1. The number of carbonyl (C=O) groups is 1. The largest absolute Gasteiger partial charge is 0.385 e. The summed E-state index contributed by atoms with van der Waals surface area (Å²) < 4.78 is 25.9. The van der Waals surface area contributed by atoms with Crippen molar-refractivity contribution in [3.05, 3.63) is 53.9 Å². The molecular formula is C15H15F2N3O. The van der Waals surface area contributed by atoms with E-state index in [2.05, 4.69) is 15.6 Å². The number of nitrogens with one attached hydrogen (secondary N) is 2. The third kappa shape index (κ3) is 3.98. The summed E-state index contributed by atoms with van der Waals surface area (Å²) in [4.78, 5) is 16.0. The van der Waals surface area contributed by atoms with Gasteiger partial charge in [0.15, 0.2) is 11.6 Å². The maximum Gasteiger partial charge on any atom is 0.274 e. The van der Waals surface area contributed by atoms with Crippen molar-refractivity contribution in [2.45, 2.75) is 13.3 Å². The predicted octanol–water partition coefficient (Wildman–Crippen LogP) is 3.43. The standard InChI is InChI=1S/C15H15F2N3O/c1-2-6-18-10-5-7-19-14(9-10)15(21)20-11-3-4-12(16)13(17)8-11/h3-5,7-9H,2,6H2,1H3,(H,18,19)(H,20,21). The van der Waals surface area contributed by atoms with E-state index in [1.807, 2.05) is 6.92 Å². The molecule has 0 saturated heterocycles. The van der Waals surface area contributed by atoms with E-state index < -0.39 is 17.5 Å². The molecular weight excluding hydrogens is 276 g/mol. The van der Waals surface area contributed by atoms with Crippen LogP contribution >= 0.6 is 0 Å². The molecule has 1 aromatic heterocycles. The fourth-order valence-electron chi connectivity index (χ4n) is 1.70. The Morgan fingerprint density at radius 1 is 1.14 bits per heavy atom. The number of rotatable bonds is 5. The Labute approximate surface area is 121 Å². The number of carbonyl (C=O) groups excluding carboxylic acids is 1. The number of anilines is 2. The number of amides is 1. The highest BCUT2D eigenvalue weighted by Crippen LogP contribution is 2.15. The topological polar surface area (TPSA) is 54.0 Å². The minimum absolute atomic E-state index is 0.174. The van der Waals surface area contributed by atoms with E-state index >= 15 is 0 Å². The van der Waals surface area contributed by atoms with Gasteiger partial charge in [-0.15, -0.1) is 0 Å². The van der Waals surface area contributed by atoms with E-state index in [9.17, 15) is 13.6 Å². The predicted molar refractivity (Wildman–Crippen MR) is 77.3 cm³/mol. The Morgan fingerprint density at radius 2 is 1.95 bits per heavy atom. The lowest BCUT2D eigenvalue weighted by molar-refractivity contribution is 0.102. The van der Waals surface area contributed by atoms with Gasteiger partial charge in [0, 0.05) is 30.2 Å². The summed E-state index contributed by atoms with van der Waals surface area (Å²) in [7, 11) is 0. The van der Waals surface area contributed by atoms with Crippen LogP contribution in [0.1, 0.15) is 23.8 Å². The number of halogens is 2. The molecule has 1 amide bonds. The summed E-state index contributed by atoms with van der Waals surface area (Å²) >= 11 is 0. The van der Waals surface area contributed by atoms with Crippen LogP contribution in [0.4, 0.5) is 20.2 Å². The first-order valence-corrected chi connectivity index (χ1v) is 6.56. The zero-order valence-corrected chi connectivity index (χ0v) is 11.5. The third-order valence-electron chi connectivity index (χ3n) is 2.75. The van der Waals surface area contributed by atoms with Crippen LogP contribution in [-0.2, 0) is 0 Å². The van der Waals surface area contributed by atoms with Gasteiger partial charge >= 0.3 is 0 Å². The highest BCUT2D eigenvalue weighted by Gasteiger charge is 2.10. The molecule has 2 aromatic rings. The first-order valence-electron chi connectivity index (χ1n) is 6.56. The van der Waals surface area contributed by atoms with Crippen LogP contribution in [-0.4, -0.2) is 17.4 Å². The number of hydrogen-bond acceptors (Lipinski definition) is 3. The van der Waals surface area contributed by atoms with E-state index in [0.717, 1.165) is 30.8 Å². The molecule has 1 heterocycles. The molecule has 0 atom stereocenters. The molecule has 0 aliphatic heterocycles. The Bertz CT molecular complexity index is 647. The molecule has 2 rings (SSSR count). The van der Waals surface area contributed by atoms with Crippen LogP contribution in [0.15, 0.2) is 36.5 Å². The summed E-state index contributed by atoms with van der Waals surface area (Å²) in [6.45, 7) is 2.82. The summed E-state index contributed by atoms with van der Waals surface area (Å²) in [5.41, 5.74) is 1.15. The second kappa shape index (κ2) is 6.78. The van der Waals surface area contributed by atoms with Gasteiger partial charge in [-0.3, -0.25) is 9.78 Å². The van der Waals surface area contributed by atoms with Gasteiger partial charge in [-0.25, -0.2) is 8.78 Å². The summed E-state index contributed by atoms with van der Waals surface area (Å²) in [5.74, 6) is -2.46. The maximum absolute atomic E-state index is 13.1. The molecule has 0 aliphatic rings. The highest BCUT2D eigenvalue weighted by atomic mass is 19.2. The lowest BCUT2D eigenvalue weighted by Crippen LogP contribution is -2.14. The van der Waals surface area contributed by atoms with Crippen molar-refractivity contribution in [2.75, 3.05) is 17.2 Å². The molecule has 4 nitrogen and oxygen atoms in total. The Morgan fingerprint density at radius 3 is 2.67 bits per heavy atom. The molecule has 0 fully saturated rings. The number of aromatic nitrogens is 1. The molecule has 0 bridgehead atoms. The van der Waals surface area contributed by atoms with Gasteiger partial charge in [-0.05, 0) is 30.7 Å². The monoisotopic (exact) mass is 291 g/mol. The van der Waals surface area contributed by atoms with Crippen molar-refractivity contribution in [3.63, 3.8) is 0 Å². The van der Waals surface area contributed by atoms with E-state index in [4.69, 9.17) is 0 Å². The molecule has 21 heavy (non-hydrogen) atoms. The number of pyridine rings is 1. The minimum Gasteiger partial charge on any atom is -0.385 e. The van der Waals surface area contributed by atoms with E-state index in [-0.39, 0.29) is 11.4 Å². The molecule has 0 saturated carbocycles. The van der Waals surface area contributed by atoms with Crippen LogP contribution in [0.2, 0.25) is 0 Å². The first-order chi connectivity index (χ1) is 10.1. The van der Waals surface area contributed by atoms with Gasteiger partial charge in [0.1, 0.15) is 5.69 Å². The Kier molecular flexibility index (Phi) is 4.81. The van der Waals surface area contributed by atoms with Gasteiger partial charge in [0.2, 0.25) is 0 Å². The van der Waals surface area contributed by atoms with Gasteiger partial charge in [-0.1, -0.05) is 6.92 Å². The number of hydrogen-bond donors (Lipinski definition) is 2. The fraction of sp³-hybridized carbons (Fsp3) is 0.200. The van der Waals surface area contributed by atoms with Crippen molar-refractivity contribution >= 4 is 17.3 Å². The zero-order chi connectivity index (χ0) is 15.2. The summed E-state index contributed by atoms with van der Waals surface area (Å²) in [5, 5.41) is 5.61. The van der Waals surface area contributed by atoms with Crippen LogP contribution in [0.5, 0.6) is 0 Å². The van der Waals surface area contributed by atoms with E-state index in [1.54, 1.807) is 12.1 Å². The normalized spacial score (nSPS) is 10.2. The highest BCUT2D eigenvalue weighted by molar-refractivity contribution is 6.03. The van der Waals surface area contributed by atoms with Crippen molar-refractivity contribution in [2.24, 2.45) is 0 Å². The van der Waals surface area contributed by atoms with E-state index in [0.29, 0.717) is 0 Å². The molecule has 0 spiro atoms. The lowest BCUT2D eigenvalue weighted by atomic mass is 10.2. The second-order valence-electron chi connectivity index (χ2n) is 4.44. The average Bonchev–Trinajstić information content (AvgIpc) is 2.49. The van der Waals surface area contributed by atoms with Crippen LogP contribution in [0.3, 0.4) is 0 Å². The third-order valence-corrected chi connectivity index (χ3v) is 2.75. The Balaban J connectivity index is 2.10. The number of nitrogens with zero attached hydrogens (tertiary/aromatic N) is 1. The molecule has 0 unspecified atom stereocenters. The molecule has 0 radical (unpaired) electrons. The van der Waals surface area contributed by atoms with Crippen LogP contribution in [0, 0.1) is 11.6 Å². The van der Waals surface area contributed by atoms with Crippen molar-refractivity contribution < 1.29 is 13.6 Å². The molecule has 2 N–H and O–H groups in total. The quantitative estimate of drug-likeness (QED) is 0.887.